The van der Waals surface area contributed by atoms with Crippen LogP contribution in [-0.2, 0) is 6.42 Å². The van der Waals surface area contributed by atoms with E-state index in [1.165, 1.54) is 91.2 Å². The van der Waals surface area contributed by atoms with E-state index >= 15 is 0 Å². The van der Waals surface area contributed by atoms with Crippen LogP contribution in [0.1, 0.15) is 96.3 Å². The molecular weight excluding hydrogens is 522 g/mol. The Morgan fingerprint density at radius 2 is 1.79 bits per heavy atom. The lowest BCUT2D eigenvalue weighted by atomic mass is 9.70. The molecule has 1 saturated carbocycles. The third-order valence-electron chi connectivity index (χ3n) is 9.39. The van der Waals surface area contributed by atoms with Crippen LogP contribution in [0.3, 0.4) is 0 Å². The number of nitrogens with one attached hydrogen (secondary N) is 2. The van der Waals surface area contributed by atoms with Gasteiger partial charge in [-0.3, -0.25) is 0 Å². The second-order valence-corrected chi connectivity index (χ2v) is 13.4. The monoisotopic (exact) mass is 581 g/mol. The summed E-state index contributed by atoms with van der Waals surface area (Å²) >= 11 is 0. The first-order chi connectivity index (χ1) is 20.7. The number of fused-ring (bicyclic) bond motifs is 1. The molecule has 3 aliphatic rings. The minimum atomic E-state index is 0.159. The summed E-state index contributed by atoms with van der Waals surface area (Å²) in [5.74, 6) is 0.753. The number of hydrogen-bond acceptors (Lipinski definition) is 3. The molecule has 1 aliphatic carbocycles. The summed E-state index contributed by atoms with van der Waals surface area (Å²) in [6.45, 7) is 28.2. The largest absolute Gasteiger partial charge is 0.382 e. The van der Waals surface area contributed by atoms with Crippen molar-refractivity contribution in [3.8, 4) is 0 Å². The molecule has 5 rings (SSSR count). The Morgan fingerprint density at radius 3 is 2.35 bits per heavy atom. The number of aryl methyl sites for hydroxylation is 1. The zero-order valence-corrected chi connectivity index (χ0v) is 28.2. The van der Waals surface area contributed by atoms with Crippen LogP contribution in [-0.4, -0.2) is 30.1 Å². The van der Waals surface area contributed by atoms with Crippen LogP contribution in [0.5, 0.6) is 0 Å². The normalized spacial score (nSPS) is 18.3. The van der Waals surface area contributed by atoms with E-state index in [2.05, 4.69) is 112 Å². The van der Waals surface area contributed by atoms with Gasteiger partial charge in [0.1, 0.15) is 0 Å². The molecule has 0 bridgehead atoms. The zero-order valence-electron chi connectivity index (χ0n) is 28.2. The molecular formula is C40H59N3. The van der Waals surface area contributed by atoms with Crippen molar-refractivity contribution in [1.29, 1.82) is 0 Å². The van der Waals surface area contributed by atoms with Crippen molar-refractivity contribution in [2.75, 3.05) is 19.6 Å². The summed E-state index contributed by atoms with van der Waals surface area (Å²) in [6.07, 6.45) is 20.6. The smallest absolute Gasteiger partial charge is 0.0578 e. The van der Waals surface area contributed by atoms with E-state index in [9.17, 15) is 0 Å². The van der Waals surface area contributed by atoms with Crippen LogP contribution in [0.25, 0.3) is 16.8 Å². The zero-order chi connectivity index (χ0) is 31.5. The van der Waals surface area contributed by atoms with Crippen molar-refractivity contribution in [1.82, 2.24) is 15.5 Å². The van der Waals surface area contributed by atoms with Crippen molar-refractivity contribution in [2.24, 2.45) is 11.3 Å². The van der Waals surface area contributed by atoms with Crippen LogP contribution < -0.4 is 10.6 Å². The number of rotatable bonds is 10. The molecule has 0 aromatic heterocycles. The maximum Gasteiger partial charge on any atom is 0.0578 e. The number of benzene rings is 2. The highest BCUT2D eigenvalue weighted by Gasteiger charge is 2.38. The standard InChI is InChI=1S/C29H36N2.C9H17N.C2H6/c1-4-24-7-5-8-26-25(10-9-22(2)27(24)26)19-23-11-14-29(30-20-23)15-17-31(18-16-29)21-28(3)12-6-13-28;1-5-10-9(4)7-6-8(2)3;1-2/h4-5,7-11,14,20,30H,1,6,12-13,15-19,21H2,2-3H3;5,8,10H,1,4,6-7H2,2-3H3;1-2H3. The van der Waals surface area contributed by atoms with Crippen molar-refractivity contribution in [3.05, 3.63) is 103 Å². The molecule has 3 heteroatoms. The first-order valence-corrected chi connectivity index (χ1v) is 16.7. The molecule has 0 amide bonds. The van der Waals surface area contributed by atoms with Crippen molar-refractivity contribution >= 4 is 16.8 Å². The summed E-state index contributed by atoms with van der Waals surface area (Å²) in [4.78, 5) is 2.70. The molecule has 2 aliphatic heterocycles. The Balaban J connectivity index is 0.000000362. The molecule has 0 radical (unpaired) electrons. The molecule has 2 aromatic carbocycles. The van der Waals surface area contributed by atoms with Crippen LogP contribution >= 0.6 is 0 Å². The lowest BCUT2D eigenvalue weighted by Gasteiger charge is -2.47. The third-order valence-corrected chi connectivity index (χ3v) is 9.39. The average Bonchev–Trinajstić information content (AvgIpc) is 3.00. The topological polar surface area (TPSA) is 27.3 Å². The second kappa shape index (κ2) is 16.1. The molecule has 0 unspecified atom stereocenters. The van der Waals surface area contributed by atoms with E-state index in [1.54, 1.807) is 6.20 Å². The Kier molecular flexibility index (Phi) is 12.9. The SMILES string of the molecule is C=CNC(=C)CCC(C)C.C=Cc1cccc2c(CC3=CNC4(C=C3)CCN(CC3(C)CCC3)CC4)ccc(C)c12.CC. The van der Waals surface area contributed by atoms with Crippen LogP contribution in [0.2, 0.25) is 0 Å². The van der Waals surface area contributed by atoms with E-state index in [0.717, 1.165) is 24.5 Å². The summed E-state index contributed by atoms with van der Waals surface area (Å²) in [6, 6.07) is 11.1. The van der Waals surface area contributed by atoms with Gasteiger partial charge in [-0.05, 0) is 102 Å². The Bertz CT molecular complexity index is 1280. The van der Waals surface area contributed by atoms with Gasteiger partial charge >= 0.3 is 0 Å². The van der Waals surface area contributed by atoms with E-state index < -0.39 is 0 Å². The second-order valence-electron chi connectivity index (χ2n) is 13.4. The fraction of sp³-hybridized carbons (Fsp3) is 0.500. The molecule has 3 nitrogen and oxygen atoms in total. The van der Waals surface area contributed by atoms with Gasteiger partial charge in [0, 0.05) is 31.5 Å². The molecule has 234 valence electrons. The van der Waals surface area contributed by atoms with Crippen molar-refractivity contribution < 1.29 is 0 Å². The number of likely N-dealkylation sites (tertiary alicyclic amines) is 1. The molecule has 2 aromatic rings. The highest BCUT2D eigenvalue weighted by molar-refractivity contribution is 5.95. The first kappa shape index (κ1) is 34.5. The van der Waals surface area contributed by atoms with Crippen molar-refractivity contribution in [2.45, 2.75) is 98.4 Å². The fourth-order valence-corrected chi connectivity index (χ4v) is 6.51. The minimum Gasteiger partial charge on any atom is -0.382 e. The number of allylic oxidation sites excluding steroid dienone is 3. The van der Waals surface area contributed by atoms with Gasteiger partial charge in [-0.15, -0.1) is 0 Å². The highest BCUT2D eigenvalue weighted by atomic mass is 15.2. The minimum absolute atomic E-state index is 0.159. The van der Waals surface area contributed by atoms with Gasteiger partial charge in [0.25, 0.3) is 0 Å². The molecule has 2 fully saturated rings. The summed E-state index contributed by atoms with van der Waals surface area (Å²) in [5, 5.41) is 9.47. The van der Waals surface area contributed by atoms with E-state index in [0.29, 0.717) is 5.41 Å². The molecule has 2 heterocycles. The van der Waals surface area contributed by atoms with Crippen LogP contribution in [0.15, 0.2) is 85.9 Å². The lowest BCUT2D eigenvalue weighted by Crippen LogP contribution is -2.53. The molecule has 1 saturated heterocycles. The summed E-state index contributed by atoms with van der Waals surface area (Å²) < 4.78 is 0. The maximum absolute atomic E-state index is 4.01. The molecule has 0 atom stereocenters. The molecule has 2 N–H and O–H groups in total. The lowest BCUT2D eigenvalue weighted by molar-refractivity contribution is 0.0609. The van der Waals surface area contributed by atoms with Gasteiger partial charge in [0.15, 0.2) is 0 Å². The number of piperidine rings is 1. The average molecular weight is 582 g/mol. The Morgan fingerprint density at radius 1 is 1.07 bits per heavy atom. The predicted octanol–water partition coefficient (Wildman–Crippen LogP) is 10.1. The summed E-state index contributed by atoms with van der Waals surface area (Å²) in [7, 11) is 0. The van der Waals surface area contributed by atoms with Gasteiger partial charge in [-0.2, -0.15) is 0 Å². The number of dihydropyridines is 1. The third kappa shape index (κ3) is 9.47. The Hall–Kier alpha value is -3.04. The van der Waals surface area contributed by atoms with Gasteiger partial charge in [-0.1, -0.05) is 109 Å². The number of hydrogen-bond donors (Lipinski definition) is 2. The predicted molar refractivity (Wildman–Crippen MR) is 191 cm³/mol. The highest BCUT2D eigenvalue weighted by Crippen LogP contribution is 2.42. The van der Waals surface area contributed by atoms with Crippen LogP contribution in [0, 0.1) is 18.3 Å². The van der Waals surface area contributed by atoms with E-state index in [4.69, 9.17) is 0 Å². The Labute approximate surface area is 263 Å². The quantitative estimate of drug-likeness (QED) is 0.292. The molecule has 1 spiro atoms. The van der Waals surface area contributed by atoms with Crippen LogP contribution in [0.4, 0.5) is 0 Å². The molecule has 43 heavy (non-hydrogen) atoms. The van der Waals surface area contributed by atoms with E-state index in [1.807, 2.05) is 19.9 Å². The van der Waals surface area contributed by atoms with Gasteiger partial charge < -0.3 is 15.5 Å². The van der Waals surface area contributed by atoms with Gasteiger partial charge in [0.05, 0.1) is 5.54 Å². The first-order valence-electron chi connectivity index (χ1n) is 16.7. The fourth-order valence-electron chi connectivity index (χ4n) is 6.51. The van der Waals surface area contributed by atoms with Crippen molar-refractivity contribution in [3.63, 3.8) is 0 Å². The number of nitrogens with zero attached hydrogens (tertiary/aromatic N) is 1. The van der Waals surface area contributed by atoms with Gasteiger partial charge in [-0.25, -0.2) is 0 Å². The van der Waals surface area contributed by atoms with Gasteiger partial charge in [0.2, 0.25) is 0 Å². The maximum atomic E-state index is 4.01. The summed E-state index contributed by atoms with van der Waals surface area (Å²) in [5.41, 5.74) is 7.11. The van der Waals surface area contributed by atoms with E-state index in [-0.39, 0.29) is 5.54 Å².